The highest BCUT2D eigenvalue weighted by molar-refractivity contribution is 5.80. The first-order valence-corrected chi connectivity index (χ1v) is 7.29. The van der Waals surface area contributed by atoms with Gasteiger partial charge in [-0.2, -0.15) is 0 Å². The molecule has 1 rings (SSSR count). The van der Waals surface area contributed by atoms with E-state index in [9.17, 15) is 4.79 Å². The van der Waals surface area contributed by atoms with Crippen molar-refractivity contribution in [3.8, 4) is 5.75 Å². The summed E-state index contributed by atoms with van der Waals surface area (Å²) in [6, 6.07) is 7.97. The monoisotopic (exact) mass is 278 g/mol. The highest BCUT2D eigenvalue weighted by atomic mass is 16.5. The molecular weight excluding hydrogens is 252 g/mol. The molecule has 0 bridgehead atoms. The van der Waals surface area contributed by atoms with Gasteiger partial charge in [0.25, 0.3) is 5.91 Å². The molecule has 1 aromatic carbocycles. The first-order valence-electron chi connectivity index (χ1n) is 7.29. The number of nitrogens with one attached hydrogen (secondary N) is 2. The third kappa shape index (κ3) is 6.06. The lowest BCUT2D eigenvalue weighted by atomic mass is 10.2. The molecule has 0 spiro atoms. The molecule has 20 heavy (non-hydrogen) atoms. The SMILES string of the molecule is CCCNCc1cccc(OC(C)C(=O)NC(C)C)c1. The molecule has 0 aromatic heterocycles. The number of carbonyl (C=O) groups excluding carboxylic acids is 1. The summed E-state index contributed by atoms with van der Waals surface area (Å²) in [6.07, 6.45) is 0.624. The fraction of sp³-hybridized carbons (Fsp3) is 0.562. The minimum absolute atomic E-state index is 0.0884. The Morgan fingerprint density at radius 2 is 2.05 bits per heavy atom. The molecular formula is C16H26N2O2. The van der Waals surface area contributed by atoms with E-state index >= 15 is 0 Å². The summed E-state index contributed by atoms with van der Waals surface area (Å²) in [5.74, 6) is 0.640. The van der Waals surface area contributed by atoms with Crippen molar-refractivity contribution in [2.75, 3.05) is 6.54 Å². The van der Waals surface area contributed by atoms with Crippen LogP contribution in [-0.2, 0) is 11.3 Å². The predicted molar refractivity (Wildman–Crippen MR) is 81.8 cm³/mol. The maximum absolute atomic E-state index is 11.8. The molecule has 2 N–H and O–H groups in total. The molecule has 0 aliphatic carbocycles. The first-order chi connectivity index (χ1) is 9.52. The maximum atomic E-state index is 11.8. The number of amides is 1. The Morgan fingerprint density at radius 1 is 1.30 bits per heavy atom. The molecule has 1 amide bonds. The molecule has 0 saturated carbocycles. The molecule has 0 radical (unpaired) electrons. The van der Waals surface area contributed by atoms with Crippen LogP contribution in [0.5, 0.6) is 5.75 Å². The third-order valence-electron chi connectivity index (χ3n) is 2.77. The predicted octanol–water partition coefficient (Wildman–Crippen LogP) is 2.48. The van der Waals surface area contributed by atoms with E-state index in [4.69, 9.17) is 4.74 Å². The Labute approximate surface area is 121 Å². The van der Waals surface area contributed by atoms with Crippen LogP contribution in [0, 0.1) is 0 Å². The molecule has 1 atom stereocenters. The van der Waals surface area contributed by atoms with E-state index in [0.717, 1.165) is 30.8 Å². The molecule has 4 heteroatoms. The second kappa shape index (κ2) is 8.59. The van der Waals surface area contributed by atoms with E-state index in [1.165, 1.54) is 0 Å². The zero-order chi connectivity index (χ0) is 15.0. The Morgan fingerprint density at radius 3 is 2.70 bits per heavy atom. The summed E-state index contributed by atoms with van der Waals surface area (Å²) < 4.78 is 5.68. The van der Waals surface area contributed by atoms with E-state index in [2.05, 4.69) is 17.6 Å². The largest absolute Gasteiger partial charge is 0.481 e. The van der Waals surface area contributed by atoms with Gasteiger partial charge in [0, 0.05) is 12.6 Å². The molecule has 1 aromatic rings. The standard InChI is InChI=1S/C16H26N2O2/c1-5-9-17-11-14-7-6-8-15(10-14)20-13(4)16(19)18-12(2)3/h6-8,10,12-13,17H,5,9,11H2,1-4H3,(H,18,19). The highest BCUT2D eigenvalue weighted by Gasteiger charge is 2.15. The van der Waals surface area contributed by atoms with Crippen LogP contribution in [0.2, 0.25) is 0 Å². The summed E-state index contributed by atoms with van der Waals surface area (Å²) in [6.45, 7) is 9.59. The number of carbonyl (C=O) groups is 1. The van der Waals surface area contributed by atoms with Crippen LogP contribution in [0.1, 0.15) is 39.7 Å². The van der Waals surface area contributed by atoms with Crippen molar-refractivity contribution in [3.63, 3.8) is 0 Å². The molecule has 0 aliphatic rings. The fourth-order valence-corrected chi connectivity index (χ4v) is 1.80. The van der Waals surface area contributed by atoms with Gasteiger partial charge in [0.15, 0.2) is 6.10 Å². The quantitative estimate of drug-likeness (QED) is 0.718. The van der Waals surface area contributed by atoms with Gasteiger partial charge < -0.3 is 15.4 Å². The van der Waals surface area contributed by atoms with Gasteiger partial charge in [0.05, 0.1) is 0 Å². The van der Waals surface area contributed by atoms with Crippen LogP contribution >= 0.6 is 0 Å². The van der Waals surface area contributed by atoms with Gasteiger partial charge in [-0.15, -0.1) is 0 Å². The van der Waals surface area contributed by atoms with Crippen molar-refractivity contribution in [3.05, 3.63) is 29.8 Å². The van der Waals surface area contributed by atoms with Gasteiger partial charge in [0.2, 0.25) is 0 Å². The van der Waals surface area contributed by atoms with E-state index in [0.29, 0.717) is 0 Å². The molecule has 4 nitrogen and oxygen atoms in total. The molecule has 112 valence electrons. The topological polar surface area (TPSA) is 50.4 Å². The van der Waals surface area contributed by atoms with Gasteiger partial charge in [-0.1, -0.05) is 19.1 Å². The number of ether oxygens (including phenoxy) is 1. The number of hydrogen-bond donors (Lipinski definition) is 2. The summed E-state index contributed by atoms with van der Waals surface area (Å²) in [4.78, 5) is 11.8. The second-order valence-corrected chi connectivity index (χ2v) is 5.25. The van der Waals surface area contributed by atoms with Crippen molar-refractivity contribution in [1.29, 1.82) is 0 Å². The van der Waals surface area contributed by atoms with Gasteiger partial charge in [0.1, 0.15) is 5.75 Å². The average molecular weight is 278 g/mol. The van der Waals surface area contributed by atoms with Crippen LogP contribution < -0.4 is 15.4 Å². The summed E-state index contributed by atoms with van der Waals surface area (Å²) >= 11 is 0. The Kier molecular flexibility index (Phi) is 7.09. The summed E-state index contributed by atoms with van der Waals surface area (Å²) in [7, 11) is 0. The maximum Gasteiger partial charge on any atom is 0.260 e. The Hall–Kier alpha value is -1.55. The lowest BCUT2D eigenvalue weighted by Crippen LogP contribution is -2.40. The van der Waals surface area contributed by atoms with Crippen molar-refractivity contribution in [1.82, 2.24) is 10.6 Å². The smallest absolute Gasteiger partial charge is 0.260 e. The normalized spacial score (nSPS) is 12.2. The van der Waals surface area contributed by atoms with Gasteiger partial charge in [-0.25, -0.2) is 0 Å². The molecule has 0 aliphatic heterocycles. The zero-order valence-electron chi connectivity index (χ0n) is 12.9. The van der Waals surface area contributed by atoms with E-state index < -0.39 is 6.10 Å². The minimum Gasteiger partial charge on any atom is -0.481 e. The Balaban J connectivity index is 2.54. The zero-order valence-corrected chi connectivity index (χ0v) is 12.9. The van der Waals surface area contributed by atoms with E-state index in [-0.39, 0.29) is 11.9 Å². The van der Waals surface area contributed by atoms with Crippen LogP contribution in [0.4, 0.5) is 0 Å². The molecule has 1 unspecified atom stereocenters. The summed E-state index contributed by atoms with van der Waals surface area (Å²) in [5, 5.41) is 6.19. The number of rotatable bonds is 8. The fourth-order valence-electron chi connectivity index (χ4n) is 1.80. The first kappa shape index (κ1) is 16.5. The highest BCUT2D eigenvalue weighted by Crippen LogP contribution is 2.15. The van der Waals surface area contributed by atoms with Crippen molar-refractivity contribution in [2.24, 2.45) is 0 Å². The van der Waals surface area contributed by atoms with Gasteiger partial charge in [-0.3, -0.25) is 4.79 Å². The summed E-state index contributed by atoms with van der Waals surface area (Å²) in [5.41, 5.74) is 1.16. The van der Waals surface area contributed by atoms with Crippen molar-refractivity contribution >= 4 is 5.91 Å². The molecule has 0 heterocycles. The van der Waals surface area contributed by atoms with Gasteiger partial charge >= 0.3 is 0 Å². The van der Waals surface area contributed by atoms with Crippen LogP contribution in [0.15, 0.2) is 24.3 Å². The third-order valence-corrected chi connectivity index (χ3v) is 2.77. The molecule has 0 fully saturated rings. The van der Waals surface area contributed by atoms with Crippen molar-refractivity contribution < 1.29 is 9.53 Å². The number of hydrogen-bond acceptors (Lipinski definition) is 3. The second-order valence-electron chi connectivity index (χ2n) is 5.25. The van der Waals surface area contributed by atoms with E-state index in [1.807, 2.05) is 38.1 Å². The minimum atomic E-state index is -0.490. The average Bonchev–Trinajstić information content (AvgIpc) is 2.38. The van der Waals surface area contributed by atoms with Crippen LogP contribution in [0.25, 0.3) is 0 Å². The lowest BCUT2D eigenvalue weighted by Gasteiger charge is -2.17. The number of benzene rings is 1. The molecule has 0 saturated heterocycles. The van der Waals surface area contributed by atoms with Gasteiger partial charge in [-0.05, 0) is 51.4 Å². The van der Waals surface area contributed by atoms with E-state index in [1.54, 1.807) is 6.92 Å². The van der Waals surface area contributed by atoms with Crippen LogP contribution in [0.3, 0.4) is 0 Å². The van der Waals surface area contributed by atoms with Crippen LogP contribution in [-0.4, -0.2) is 24.6 Å². The Bertz CT molecular complexity index is 419. The lowest BCUT2D eigenvalue weighted by molar-refractivity contribution is -0.127. The van der Waals surface area contributed by atoms with Crippen molar-refractivity contribution in [2.45, 2.75) is 52.8 Å².